The molecule has 0 radical (unpaired) electrons. The first-order valence-corrected chi connectivity index (χ1v) is 11.1. The zero-order valence-electron chi connectivity index (χ0n) is 16.5. The number of likely N-dealkylation sites (N-methyl/N-ethyl adjacent to an activating group) is 1. The molecule has 1 aliphatic heterocycles. The fraction of sp³-hybridized carbons (Fsp3) is 0.571. The second-order valence-corrected chi connectivity index (χ2v) is 9.57. The van der Waals surface area contributed by atoms with Crippen molar-refractivity contribution in [2.24, 2.45) is 5.92 Å². The summed E-state index contributed by atoms with van der Waals surface area (Å²) in [4.78, 5) is 19.8. The zero-order chi connectivity index (χ0) is 18.5. The molecule has 1 N–H and O–H groups in total. The molecule has 6 heteroatoms. The van der Waals surface area contributed by atoms with E-state index < -0.39 is 0 Å². The van der Waals surface area contributed by atoms with Gasteiger partial charge in [0.2, 0.25) is 0 Å². The van der Waals surface area contributed by atoms with Crippen molar-refractivity contribution in [2.75, 3.05) is 38.1 Å². The summed E-state index contributed by atoms with van der Waals surface area (Å²) < 4.78 is 1.23. The average Bonchev–Trinajstić information content (AvgIpc) is 3.25. The van der Waals surface area contributed by atoms with Crippen LogP contribution in [0, 0.1) is 5.92 Å². The summed E-state index contributed by atoms with van der Waals surface area (Å²) >= 11 is 1.81. The van der Waals surface area contributed by atoms with E-state index in [9.17, 15) is 0 Å². The Morgan fingerprint density at radius 3 is 2.70 bits per heavy atom. The van der Waals surface area contributed by atoms with Gasteiger partial charge in [0.15, 0.2) is 5.82 Å². The highest BCUT2D eigenvalue weighted by molar-refractivity contribution is 7.26. The Morgan fingerprint density at radius 1 is 1.15 bits per heavy atom. The van der Waals surface area contributed by atoms with Crippen LogP contribution in [0.25, 0.3) is 20.4 Å². The van der Waals surface area contributed by atoms with Gasteiger partial charge in [0.25, 0.3) is 0 Å². The third-order valence-corrected chi connectivity index (χ3v) is 7.13. The predicted molar refractivity (Wildman–Crippen MR) is 112 cm³/mol. The summed E-state index contributed by atoms with van der Waals surface area (Å²) in [5.74, 6) is 1.75. The maximum absolute atomic E-state index is 5.15. The van der Waals surface area contributed by atoms with E-state index in [2.05, 4.69) is 25.8 Å². The summed E-state index contributed by atoms with van der Waals surface area (Å²) in [6.45, 7) is 9.05. The predicted octanol–water partition coefficient (Wildman–Crippen LogP) is 2.26. The lowest BCUT2D eigenvalue weighted by molar-refractivity contribution is -0.880. The van der Waals surface area contributed by atoms with Gasteiger partial charge in [-0.05, 0) is 42.7 Å². The minimum atomic E-state index is 0.636. The van der Waals surface area contributed by atoms with E-state index >= 15 is 0 Å². The average molecular weight is 383 g/mol. The zero-order valence-corrected chi connectivity index (χ0v) is 17.3. The number of hydrogen-bond donors (Lipinski definition) is 1. The van der Waals surface area contributed by atoms with Crippen molar-refractivity contribution >= 4 is 37.6 Å². The van der Waals surface area contributed by atoms with Crippen LogP contribution in [0.2, 0.25) is 0 Å². The van der Waals surface area contributed by atoms with Gasteiger partial charge in [-0.1, -0.05) is 13.8 Å². The van der Waals surface area contributed by atoms with Gasteiger partial charge in [-0.15, -0.1) is 11.3 Å². The molecule has 142 valence electrons. The lowest BCUT2D eigenvalue weighted by atomic mass is 9.99. The minimum Gasteiger partial charge on any atom is -0.344 e. The second kappa shape index (κ2) is 6.67. The molecule has 5 rings (SSSR count). The third kappa shape index (κ3) is 2.90. The Labute approximate surface area is 164 Å². The molecule has 0 bridgehead atoms. The maximum atomic E-state index is 5.15. The third-order valence-electron chi connectivity index (χ3n) is 6.06. The van der Waals surface area contributed by atoms with Crippen LogP contribution in [0.1, 0.15) is 37.1 Å². The maximum Gasteiger partial charge on any atom is 0.150 e. The van der Waals surface area contributed by atoms with Crippen molar-refractivity contribution in [1.29, 1.82) is 0 Å². The minimum absolute atomic E-state index is 0.636. The summed E-state index contributed by atoms with van der Waals surface area (Å²) in [5.41, 5.74) is 5.50. The molecule has 5 nitrogen and oxygen atoms in total. The number of aryl methyl sites for hydroxylation is 1. The fourth-order valence-electron chi connectivity index (χ4n) is 4.65. The Balaban J connectivity index is 1.70. The number of hydrogen-bond acceptors (Lipinski definition) is 5. The van der Waals surface area contributed by atoms with Crippen molar-refractivity contribution in [1.82, 2.24) is 15.0 Å². The topological polar surface area (TPSA) is 46.4 Å². The molecule has 1 fully saturated rings. The van der Waals surface area contributed by atoms with Crippen molar-refractivity contribution in [2.45, 2.75) is 39.5 Å². The summed E-state index contributed by atoms with van der Waals surface area (Å²) in [7, 11) is 2.27. The van der Waals surface area contributed by atoms with Gasteiger partial charge in [0.1, 0.15) is 11.2 Å². The summed E-state index contributed by atoms with van der Waals surface area (Å²) in [6.07, 6.45) is 6.43. The lowest BCUT2D eigenvalue weighted by Crippen LogP contribution is -3.12. The van der Waals surface area contributed by atoms with Gasteiger partial charge in [-0.25, -0.2) is 15.0 Å². The largest absolute Gasteiger partial charge is 0.344 e. The van der Waals surface area contributed by atoms with Crippen LogP contribution in [0.5, 0.6) is 0 Å². The number of aromatic nitrogens is 3. The van der Waals surface area contributed by atoms with Crippen molar-refractivity contribution < 1.29 is 4.90 Å². The molecule has 0 aromatic carbocycles. The van der Waals surface area contributed by atoms with E-state index in [4.69, 9.17) is 15.0 Å². The summed E-state index contributed by atoms with van der Waals surface area (Å²) in [5, 5.41) is 1.32. The number of rotatable bonds is 3. The number of quaternary nitrogens is 1. The number of nitrogens with one attached hydrogen (secondary N) is 1. The van der Waals surface area contributed by atoms with E-state index in [0.717, 1.165) is 30.8 Å². The monoisotopic (exact) mass is 382 g/mol. The van der Waals surface area contributed by atoms with Crippen LogP contribution in [0.15, 0.2) is 6.33 Å². The Hall–Kier alpha value is -1.79. The first-order chi connectivity index (χ1) is 13.1. The van der Waals surface area contributed by atoms with E-state index in [0.29, 0.717) is 5.92 Å². The van der Waals surface area contributed by atoms with Crippen molar-refractivity contribution in [3.63, 3.8) is 0 Å². The lowest BCUT2D eigenvalue weighted by Gasteiger charge is -2.30. The highest BCUT2D eigenvalue weighted by Gasteiger charge is 2.26. The second-order valence-electron chi connectivity index (χ2n) is 8.57. The molecule has 0 amide bonds. The molecule has 0 spiro atoms. The molecule has 27 heavy (non-hydrogen) atoms. The smallest absolute Gasteiger partial charge is 0.150 e. The van der Waals surface area contributed by atoms with Gasteiger partial charge < -0.3 is 9.80 Å². The van der Waals surface area contributed by atoms with Crippen LogP contribution in [-0.4, -0.2) is 48.2 Å². The summed E-state index contributed by atoms with van der Waals surface area (Å²) in [6, 6.07) is 0. The molecular weight excluding hydrogens is 354 g/mol. The van der Waals surface area contributed by atoms with Gasteiger partial charge in [0.05, 0.1) is 43.4 Å². The quantitative estimate of drug-likeness (QED) is 0.755. The molecular formula is C21H28N5S+. The molecule has 0 saturated carbocycles. The van der Waals surface area contributed by atoms with Crippen LogP contribution in [0.4, 0.5) is 5.82 Å². The first kappa shape index (κ1) is 17.3. The van der Waals surface area contributed by atoms with E-state index in [1.165, 1.54) is 64.1 Å². The molecule has 3 aromatic rings. The van der Waals surface area contributed by atoms with E-state index in [1.807, 2.05) is 0 Å². The van der Waals surface area contributed by atoms with Gasteiger partial charge in [-0.3, -0.25) is 0 Å². The number of anilines is 1. The number of fused-ring (bicyclic) bond motifs is 5. The molecule has 4 heterocycles. The first-order valence-electron chi connectivity index (χ1n) is 10.3. The van der Waals surface area contributed by atoms with Crippen molar-refractivity contribution in [3.8, 4) is 0 Å². The number of nitrogens with zero attached hydrogens (tertiary/aromatic N) is 4. The van der Waals surface area contributed by atoms with E-state index in [-0.39, 0.29) is 0 Å². The molecule has 2 aliphatic rings. The standard InChI is InChI=1S/C21H27N5S/c1-13(2)11-16-14-5-4-6-15(14)17-18-19(27-21(17)24-16)20(23-12-22-18)26-9-7-25(3)8-10-26/h12-13H,4-11H2,1-3H3/p+1. The Morgan fingerprint density at radius 2 is 1.93 bits per heavy atom. The van der Waals surface area contributed by atoms with Crippen LogP contribution in [0.3, 0.4) is 0 Å². The van der Waals surface area contributed by atoms with Gasteiger partial charge >= 0.3 is 0 Å². The Bertz CT molecular complexity index is 1000. The molecule has 1 aliphatic carbocycles. The van der Waals surface area contributed by atoms with Crippen molar-refractivity contribution in [3.05, 3.63) is 23.1 Å². The highest BCUT2D eigenvalue weighted by atomic mass is 32.1. The highest BCUT2D eigenvalue weighted by Crippen LogP contribution is 2.42. The van der Waals surface area contributed by atoms with Crippen LogP contribution < -0.4 is 9.80 Å². The van der Waals surface area contributed by atoms with Gasteiger partial charge in [0, 0.05) is 11.1 Å². The fourth-order valence-corrected chi connectivity index (χ4v) is 5.84. The Kier molecular flexibility index (Phi) is 4.28. The molecule has 0 unspecified atom stereocenters. The van der Waals surface area contributed by atoms with E-state index in [1.54, 1.807) is 22.6 Å². The van der Waals surface area contributed by atoms with Crippen LogP contribution >= 0.6 is 11.3 Å². The van der Waals surface area contributed by atoms with Crippen LogP contribution in [-0.2, 0) is 19.3 Å². The SMILES string of the molecule is CC(C)Cc1nc2sc3c(N4CC[NH+](C)CC4)ncnc3c2c2c1CCC2. The molecule has 3 aromatic heterocycles. The number of pyridine rings is 1. The number of thiophene rings is 1. The number of piperazine rings is 1. The molecule has 0 atom stereocenters. The van der Waals surface area contributed by atoms with Gasteiger partial charge in [-0.2, -0.15) is 0 Å². The molecule has 1 saturated heterocycles. The normalized spacial score (nSPS) is 18.1.